The number of fused-ring (bicyclic) bond motifs is 2. The van der Waals surface area contributed by atoms with Gasteiger partial charge in [-0.2, -0.15) is 0 Å². The Kier molecular flexibility index (Phi) is 4.06. The third kappa shape index (κ3) is 3.03. The second-order valence-corrected chi connectivity index (χ2v) is 7.34. The molecule has 29 heavy (non-hydrogen) atoms. The van der Waals surface area contributed by atoms with Crippen LogP contribution in [0.3, 0.4) is 0 Å². The predicted octanol–water partition coefficient (Wildman–Crippen LogP) is 3.34. The van der Waals surface area contributed by atoms with E-state index in [9.17, 15) is 4.79 Å². The van der Waals surface area contributed by atoms with E-state index in [4.69, 9.17) is 14.8 Å². The molecule has 0 atom stereocenters. The van der Waals surface area contributed by atoms with Crippen molar-refractivity contribution >= 4 is 39.6 Å². The average Bonchev–Trinajstić information content (AvgIpc) is 3.30. The standard InChI is InChI=1S/C19H14N6O3S/c1-2-25-13-8-15(21-9-12(13)22-19(25)17-18(20)24-28-23-17)29-11-5-3-10-4-6-16(26)27-14(10)7-11/h3-9H,2H2,1H3,(H2,20,24). The zero-order valence-corrected chi connectivity index (χ0v) is 16.0. The van der Waals surface area contributed by atoms with Crippen molar-refractivity contribution < 1.29 is 9.05 Å². The van der Waals surface area contributed by atoms with Gasteiger partial charge >= 0.3 is 5.63 Å². The Morgan fingerprint density at radius 2 is 2.03 bits per heavy atom. The first-order valence-corrected chi connectivity index (χ1v) is 9.60. The number of imidazole rings is 1. The minimum Gasteiger partial charge on any atom is -0.423 e. The molecule has 4 heterocycles. The lowest BCUT2D eigenvalue weighted by atomic mass is 10.2. The van der Waals surface area contributed by atoms with Crippen LogP contribution in [-0.2, 0) is 6.54 Å². The van der Waals surface area contributed by atoms with Gasteiger partial charge in [0.1, 0.15) is 16.1 Å². The maximum absolute atomic E-state index is 11.5. The summed E-state index contributed by atoms with van der Waals surface area (Å²) >= 11 is 1.47. The molecule has 0 saturated carbocycles. The Balaban J connectivity index is 1.56. The third-order valence-electron chi connectivity index (χ3n) is 4.47. The molecule has 0 bridgehead atoms. The molecule has 0 spiro atoms. The molecule has 2 N–H and O–H groups in total. The highest BCUT2D eigenvalue weighted by atomic mass is 32.2. The van der Waals surface area contributed by atoms with Crippen LogP contribution in [0.4, 0.5) is 5.82 Å². The number of anilines is 1. The lowest BCUT2D eigenvalue weighted by Gasteiger charge is -2.05. The summed E-state index contributed by atoms with van der Waals surface area (Å²) < 4.78 is 12.0. The Hall–Kier alpha value is -3.66. The molecule has 0 unspecified atom stereocenters. The van der Waals surface area contributed by atoms with E-state index in [1.54, 1.807) is 12.3 Å². The minimum absolute atomic E-state index is 0.190. The summed E-state index contributed by atoms with van der Waals surface area (Å²) in [5.41, 5.74) is 8.02. The highest BCUT2D eigenvalue weighted by Gasteiger charge is 2.19. The molecule has 4 aromatic heterocycles. The third-order valence-corrected chi connectivity index (χ3v) is 5.39. The second-order valence-electron chi connectivity index (χ2n) is 6.25. The molecule has 5 aromatic rings. The molecule has 0 aliphatic carbocycles. The van der Waals surface area contributed by atoms with E-state index >= 15 is 0 Å². The van der Waals surface area contributed by atoms with Crippen molar-refractivity contribution in [1.82, 2.24) is 24.8 Å². The van der Waals surface area contributed by atoms with E-state index in [1.807, 2.05) is 35.8 Å². The summed E-state index contributed by atoms with van der Waals surface area (Å²) in [6.45, 7) is 2.67. The van der Waals surface area contributed by atoms with Gasteiger partial charge < -0.3 is 14.7 Å². The van der Waals surface area contributed by atoms with Gasteiger partial charge in [-0.1, -0.05) is 17.8 Å². The molecule has 0 amide bonds. The van der Waals surface area contributed by atoms with Crippen LogP contribution in [0.25, 0.3) is 33.5 Å². The van der Waals surface area contributed by atoms with Crippen LogP contribution in [0.5, 0.6) is 0 Å². The molecule has 0 radical (unpaired) electrons. The lowest BCUT2D eigenvalue weighted by Crippen LogP contribution is -2.00. The van der Waals surface area contributed by atoms with Gasteiger partial charge in [-0.15, -0.1) is 0 Å². The zero-order chi connectivity index (χ0) is 20.0. The number of hydrogen-bond acceptors (Lipinski definition) is 9. The van der Waals surface area contributed by atoms with Crippen molar-refractivity contribution in [2.75, 3.05) is 5.73 Å². The normalized spacial score (nSPS) is 11.5. The highest BCUT2D eigenvalue weighted by Crippen LogP contribution is 2.32. The Bertz CT molecular complexity index is 1420. The van der Waals surface area contributed by atoms with Crippen LogP contribution in [0.1, 0.15) is 6.92 Å². The molecule has 144 valence electrons. The first-order valence-electron chi connectivity index (χ1n) is 8.79. The number of hydrogen-bond donors (Lipinski definition) is 1. The lowest BCUT2D eigenvalue weighted by molar-refractivity contribution is 0.310. The van der Waals surface area contributed by atoms with Gasteiger partial charge in [-0.05, 0) is 41.5 Å². The largest absolute Gasteiger partial charge is 0.423 e. The number of nitrogens with zero attached hydrogens (tertiary/aromatic N) is 5. The first kappa shape index (κ1) is 17.4. The maximum atomic E-state index is 11.5. The Morgan fingerprint density at radius 1 is 1.17 bits per heavy atom. The molecule has 0 fully saturated rings. The van der Waals surface area contributed by atoms with E-state index in [2.05, 4.69) is 20.3 Å². The van der Waals surface area contributed by atoms with Gasteiger partial charge in [-0.25, -0.2) is 19.4 Å². The van der Waals surface area contributed by atoms with E-state index in [1.165, 1.54) is 17.8 Å². The monoisotopic (exact) mass is 406 g/mol. The van der Waals surface area contributed by atoms with Crippen LogP contribution in [0, 0.1) is 0 Å². The van der Waals surface area contributed by atoms with E-state index in [-0.39, 0.29) is 11.4 Å². The summed E-state index contributed by atoms with van der Waals surface area (Å²) in [6, 6.07) is 10.8. The number of aromatic nitrogens is 5. The summed E-state index contributed by atoms with van der Waals surface area (Å²) in [6.07, 6.45) is 1.71. The number of rotatable bonds is 4. The fourth-order valence-electron chi connectivity index (χ4n) is 3.14. The number of nitrogens with two attached hydrogens (primary N) is 1. The molecule has 0 saturated heterocycles. The fraction of sp³-hybridized carbons (Fsp3) is 0.105. The van der Waals surface area contributed by atoms with Crippen molar-refractivity contribution in [3.05, 3.63) is 53.0 Å². The maximum Gasteiger partial charge on any atom is 0.336 e. The van der Waals surface area contributed by atoms with Gasteiger partial charge in [0.25, 0.3) is 0 Å². The molecule has 0 aliphatic rings. The minimum atomic E-state index is -0.375. The second kappa shape index (κ2) is 6.74. The van der Waals surface area contributed by atoms with Crippen molar-refractivity contribution in [3.8, 4) is 11.5 Å². The van der Waals surface area contributed by atoms with E-state index in [0.717, 1.165) is 26.3 Å². The number of pyridine rings is 1. The Morgan fingerprint density at radius 3 is 2.83 bits per heavy atom. The van der Waals surface area contributed by atoms with Crippen LogP contribution in [0.15, 0.2) is 66.4 Å². The molecule has 0 aliphatic heterocycles. The fourth-order valence-corrected chi connectivity index (χ4v) is 3.96. The quantitative estimate of drug-likeness (QED) is 0.447. The van der Waals surface area contributed by atoms with Gasteiger partial charge in [0, 0.05) is 22.9 Å². The van der Waals surface area contributed by atoms with Crippen molar-refractivity contribution in [2.24, 2.45) is 0 Å². The van der Waals surface area contributed by atoms with Crippen molar-refractivity contribution in [2.45, 2.75) is 23.4 Å². The molecule has 1 aromatic carbocycles. The summed E-state index contributed by atoms with van der Waals surface area (Å²) in [5, 5.41) is 9.14. The van der Waals surface area contributed by atoms with Crippen LogP contribution in [0.2, 0.25) is 0 Å². The average molecular weight is 406 g/mol. The molecule has 9 nitrogen and oxygen atoms in total. The summed E-state index contributed by atoms with van der Waals surface area (Å²) in [7, 11) is 0. The SMILES string of the molecule is CCn1c(-c2nonc2N)nc2cnc(Sc3ccc4ccc(=O)oc4c3)cc21. The highest BCUT2D eigenvalue weighted by molar-refractivity contribution is 7.99. The van der Waals surface area contributed by atoms with Crippen LogP contribution < -0.4 is 11.4 Å². The molecular weight excluding hydrogens is 392 g/mol. The summed E-state index contributed by atoms with van der Waals surface area (Å²) in [4.78, 5) is 21.5. The topological polar surface area (TPSA) is 126 Å². The summed E-state index contributed by atoms with van der Waals surface area (Å²) in [5.74, 6) is 0.771. The van der Waals surface area contributed by atoms with Crippen molar-refractivity contribution in [1.29, 1.82) is 0 Å². The van der Waals surface area contributed by atoms with Gasteiger partial charge in [0.2, 0.25) is 0 Å². The number of benzene rings is 1. The van der Waals surface area contributed by atoms with E-state index in [0.29, 0.717) is 23.6 Å². The van der Waals surface area contributed by atoms with Gasteiger partial charge in [-0.3, -0.25) is 0 Å². The van der Waals surface area contributed by atoms with Crippen molar-refractivity contribution in [3.63, 3.8) is 0 Å². The van der Waals surface area contributed by atoms with Gasteiger partial charge in [0.15, 0.2) is 17.3 Å². The Labute approximate surface area is 167 Å². The molecule has 10 heteroatoms. The number of aryl methyl sites for hydroxylation is 1. The molecular formula is C19H14N6O3S. The van der Waals surface area contributed by atoms with Crippen LogP contribution in [-0.4, -0.2) is 24.8 Å². The van der Waals surface area contributed by atoms with E-state index < -0.39 is 0 Å². The number of nitrogen functional groups attached to an aromatic ring is 1. The zero-order valence-electron chi connectivity index (χ0n) is 15.2. The van der Waals surface area contributed by atoms with Gasteiger partial charge in [0.05, 0.1) is 11.7 Å². The first-order chi connectivity index (χ1) is 14.1. The molecule has 5 rings (SSSR count). The van der Waals surface area contributed by atoms with Crippen LogP contribution >= 0.6 is 11.8 Å². The smallest absolute Gasteiger partial charge is 0.336 e. The predicted molar refractivity (Wildman–Crippen MR) is 108 cm³/mol.